The molecule has 1 atom stereocenters. The quantitative estimate of drug-likeness (QED) is 0.719. The lowest BCUT2D eigenvalue weighted by molar-refractivity contribution is 0.0673. The molecule has 1 aromatic rings. The highest BCUT2D eigenvalue weighted by Crippen LogP contribution is 2.21. The van der Waals surface area contributed by atoms with Crippen LogP contribution in [0.25, 0.3) is 0 Å². The Labute approximate surface area is 144 Å². The van der Waals surface area contributed by atoms with Crippen molar-refractivity contribution in [2.75, 3.05) is 37.7 Å². The molecular formula is C16H28N4O3S. The molecule has 136 valence electrons. The standard InChI is InChI=1S/C16H28N4O3S/c1-5-19(6-2)8-9-20(14-7-10-24(22,23)12-14)16(21)15-11-17-18(4)13(15)3/h11,14H,5-10,12H2,1-4H3. The summed E-state index contributed by atoms with van der Waals surface area (Å²) in [5.74, 6) is 0.115. The van der Waals surface area contributed by atoms with Gasteiger partial charge in [0.2, 0.25) is 0 Å². The lowest BCUT2D eigenvalue weighted by atomic mass is 10.1. The molecule has 1 saturated heterocycles. The summed E-state index contributed by atoms with van der Waals surface area (Å²) in [6.45, 7) is 9.13. The molecule has 0 N–H and O–H groups in total. The van der Waals surface area contributed by atoms with Crippen LogP contribution in [0.5, 0.6) is 0 Å². The minimum atomic E-state index is -3.04. The maximum atomic E-state index is 13.0. The molecule has 0 aromatic carbocycles. The van der Waals surface area contributed by atoms with Crippen molar-refractivity contribution in [3.05, 3.63) is 17.5 Å². The van der Waals surface area contributed by atoms with E-state index in [1.807, 2.05) is 6.92 Å². The second-order valence-electron chi connectivity index (χ2n) is 6.35. The molecule has 1 aliphatic heterocycles. The van der Waals surface area contributed by atoms with Gasteiger partial charge in [0.15, 0.2) is 9.84 Å². The summed E-state index contributed by atoms with van der Waals surface area (Å²) in [4.78, 5) is 17.0. The Bertz CT molecular complexity index is 679. The highest BCUT2D eigenvalue weighted by Gasteiger charge is 2.35. The van der Waals surface area contributed by atoms with Crippen LogP contribution in [-0.2, 0) is 16.9 Å². The molecule has 2 heterocycles. The molecular weight excluding hydrogens is 328 g/mol. The van der Waals surface area contributed by atoms with Gasteiger partial charge in [-0.05, 0) is 26.4 Å². The zero-order valence-corrected chi connectivity index (χ0v) is 15.8. The summed E-state index contributed by atoms with van der Waals surface area (Å²) >= 11 is 0. The Balaban J connectivity index is 2.22. The lowest BCUT2D eigenvalue weighted by Crippen LogP contribution is -2.45. The zero-order chi connectivity index (χ0) is 17.9. The van der Waals surface area contributed by atoms with Gasteiger partial charge in [-0.2, -0.15) is 5.10 Å². The maximum absolute atomic E-state index is 13.0. The number of aromatic nitrogens is 2. The van der Waals surface area contributed by atoms with Gasteiger partial charge in [-0.1, -0.05) is 13.8 Å². The molecule has 0 saturated carbocycles. The third kappa shape index (κ3) is 4.16. The van der Waals surface area contributed by atoms with E-state index in [0.29, 0.717) is 18.5 Å². The van der Waals surface area contributed by atoms with Gasteiger partial charge in [0.05, 0.1) is 23.3 Å². The number of likely N-dealkylation sites (N-methyl/N-ethyl adjacent to an activating group) is 1. The maximum Gasteiger partial charge on any atom is 0.257 e. The minimum absolute atomic E-state index is 0.0658. The number of hydrogen-bond donors (Lipinski definition) is 0. The fourth-order valence-electron chi connectivity index (χ4n) is 3.12. The molecule has 1 unspecified atom stereocenters. The predicted molar refractivity (Wildman–Crippen MR) is 93.8 cm³/mol. The van der Waals surface area contributed by atoms with Crippen molar-refractivity contribution in [2.24, 2.45) is 7.05 Å². The molecule has 0 spiro atoms. The molecule has 1 aliphatic rings. The molecule has 0 bridgehead atoms. The van der Waals surface area contributed by atoms with E-state index in [0.717, 1.165) is 25.3 Å². The van der Waals surface area contributed by atoms with Gasteiger partial charge in [-0.3, -0.25) is 9.48 Å². The van der Waals surface area contributed by atoms with E-state index < -0.39 is 9.84 Å². The van der Waals surface area contributed by atoms with Crippen LogP contribution >= 0.6 is 0 Å². The SMILES string of the molecule is CCN(CC)CCN(C(=O)c1cnn(C)c1C)C1CCS(=O)(=O)C1. The summed E-state index contributed by atoms with van der Waals surface area (Å²) in [6.07, 6.45) is 2.09. The fourth-order valence-corrected chi connectivity index (χ4v) is 4.85. The predicted octanol–water partition coefficient (Wildman–Crippen LogP) is 0.700. The lowest BCUT2D eigenvalue weighted by Gasteiger charge is -2.30. The van der Waals surface area contributed by atoms with Crippen LogP contribution in [0.1, 0.15) is 36.3 Å². The van der Waals surface area contributed by atoms with Gasteiger partial charge < -0.3 is 9.80 Å². The van der Waals surface area contributed by atoms with E-state index in [1.54, 1.807) is 22.8 Å². The van der Waals surface area contributed by atoms with Crippen molar-refractivity contribution >= 4 is 15.7 Å². The number of rotatable bonds is 7. The first-order chi connectivity index (χ1) is 11.3. The number of amides is 1. The van der Waals surface area contributed by atoms with Crippen LogP contribution in [0.3, 0.4) is 0 Å². The topological polar surface area (TPSA) is 75.5 Å². The van der Waals surface area contributed by atoms with Crippen molar-refractivity contribution in [3.63, 3.8) is 0 Å². The van der Waals surface area contributed by atoms with E-state index in [-0.39, 0.29) is 23.5 Å². The summed E-state index contributed by atoms with van der Waals surface area (Å²) in [7, 11) is -1.24. The molecule has 0 radical (unpaired) electrons. The Morgan fingerprint density at radius 2 is 2.00 bits per heavy atom. The Hall–Kier alpha value is -1.41. The number of aryl methyl sites for hydroxylation is 1. The van der Waals surface area contributed by atoms with E-state index in [9.17, 15) is 13.2 Å². The first-order valence-corrected chi connectivity index (χ1v) is 10.3. The smallest absolute Gasteiger partial charge is 0.257 e. The van der Waals surface area contributed by atoms with Gasteiger partial charge in [0, 0.05) is 31.9 Å². The van der Waals surface area contributed by atoms with Crippen LogP contribution in [0.2, 0.25) is 0 Å². The van der Waals surface area contributed by atoms with Crippen LogP contribution in [-0.4, -0.2) is 77.6 Å². The van der Waals surface area contributed by atoms with Crippen molar-refractivity contribution in [1.29, 1.82) is 0 Å². The highest BCUT2D eigenvalue weighted by atomic mass is 32.2. The number of carbonyl (C=O) groups is 1. The van der Waals surface area contributed by atoms with Crippen LogP contribution < -0.4 is 0 Å². The first kappa shape index (κ1) is 18.9. The van der Waals surface area contributed by atoms with Gasteiger partial charge in [-0.25, -0.2) is 8.42 Å². The monoisotopic (exact) mass is 356 g/mol. The summed E-state index contributed by atoms with van der Waals surface area (Å²) in [5, 5.41) is 4.14. The van der Waals surface area contributed by atoms with Crippen molar-refractivity contribution in [1.82, 2.24) is 19.6 Å². The highest BCUT2D eigenvalue weighted by molar-refractivity contribution is 7.91. The van der Waals surface area contributed by atoms with E-state index >= 15 is 0 Å². The third-order valence-corrected chi connectivity index (χ3v) is 6.68. The van der Waals surface area contributed by atoms with Crippen molar-refractivity contribution in [2.45, 2.75) is 33.2 Å². The summed E-state index contributed by atoms with van der Waals surface area (Å²) in [6, 6.07) is -0.238. The molecule has 8 heteroatoms. The van der Waals surface area contributed by atoms with Gasteiger partial charge in [0.1, 0.15) is 0 Å². The van der Waals surface area contributed by atoms with Gasteiger partial charge >= 0.3 is 0 Å². The van der Waals surface area contributed by atoms with E-state index in [4.69, 9.17) is 0 Å². The molecule has 1 fully saturated rings. The number of sulfone groups is 1. The van der Waals surface area contributed by atoms with Gasteiger partial charge in [0.25, 0.3) is 5.91 Å². The average molecular weight is 356 g/mol. The molecule has 24 heavy (non-hydrogen) atoms. The van der Waals surface area contributed by atoms with Crippen LogP contribution in [0.15, 0.2) is 6.20 Å². The molecule has 7 nitrogen and oxygen atoms in total. The average Bonchev–Trinajstić information content (AvgIpc) is 3.06. The summed E-state index contributed by atoms with van der Waals surface area (Å²) in [5.41, 5.74) is 1.36. The largest absolute Gasteiger partial charge is 0.333 e. The Kier molecular flexibility index (Phi) is 6.03. The van der Waals surface area contributed by atoms with E-state index in [2.05, 4.69) is 23.8 Å². The number of nitrogens with zero attached hydrogens (tertiary/aromatic N) is 4. The van der Waals surface area contributed by atoms with E-state index in [1.165, 1.54) is 0 Å². The van der Waals surface area contributed by atoms with Crippen LogP contribution in [0.4, 0.5) is 0 Å². The normalized spacial score (nSPS) is 19.8. The Morgan fingerprint density at radius 1 is 1.33 bits per heavy atom. The van der Waals surface area contributed by atoms with Gasteiger partial charge in [-0.15, -0.1) is 0 Å². The van der Waals surface area contributed by atoms with Crippen LogP contribution in [0, 0.1) is 6.92 Å². The molecule has 0 aliphatic carbocycles. The Morgan fingerprint density at radius 3 is 2.46 bits per heavy atom. The number of hydrogen-bond acceptors (Lipinski definition) is 5. The second kappa shape index (κ2) is 7.65. The minimum Gasteiger partial charge on any atom is -0.333 e. The molecule has 1 amide bonds. The first-order valence-electron chi connectivity index (χ1n) is 8.51. The molecule has 2 rings (SSSR count). The summed E-state index contributed by atoms with van der Waals surface area (Å²) < 4.78 is 25.4. The van der Waals surface area contributed by atoms with Crippen molar-refractivity contribution < 1.29 is 13.2 Å². The fraction of sp³-hybridized carbons (Fsp3) is 0.750. The van der Waals surface area contributed by atoms with Crippen molar-refractivity contribution in [3.8, 4) is 0 Å². The zero-order valence-electron chi connectivity index (χ0n) is 15.0. The number of carbonyl (C=O) groups excluding carboxylic acids is 1. The second-order valence-corrected chi connectivity index (χ2v) is 8.58. The third-order valence-electron chi connectivity index (χ3n) is 4.93. The molecule has 1 aromatic heterocycles.